The van der Waals surface area contributed by atoms with Gasteiger partial charge in [-0.25, -0.2) is 0 Å². The van der Waals surface area contributed by atoms with E-state index >= 15 is 0 Å². The first kappa shape index (κ1) is 14.2. The minimum atomic E-state index is 0.0367. The maximum absolute atomic E-state index is 11.9. The quantitative estimate of drug-likeness (QED) is 0.554. The van der Waals surface area contributed by atoms with Crippen molar-refractivity contribution in [2.45, 2.75) is 6.92 Å². The Kier molecular flexibility index (Phi) is 6.19. The number of halogens is 1. The number of benzene rings is 1. The fourth-order valence-corrected chi connectivity index (χ4v) is 1.70. The van der Waals surface area contributed by atoms with Crippen LogP contribution in [0.1, 0.15) is 17.3 Å². The highest BCUT2D eigenvalue weighted by Gasteiger charge is 2.11. The number of rotatable bonds is 7. The zero-order chi connectivity index (χ0) is 12.7. The Morgan fingerprint density at radius 3 is 2.76 bits per heavy atom. The minimum absolute atomic E-state index is 0.0367. The van der Waals surface area contributed by atoms with E-state index in [2.05, 4.69) is 0 Å². The smallest absolute Gasteiger partial charge is 0.178 e. The molecule has 0 heterocycles. The van der Waals surface area contributed by atoms with Crippen LogP contribution in [-0.4, -0.2) is 44.0 Å². The molecule has 0 aliphatic carbocycles. The van der Waals surface area contributed by atoms with E-state index in [0.29, 0.717) is 30.3 Å². The van der Waals surface area contributed by atoms with Crippen molar-refractivity contribution >= 4 is 17.4 Å². The lowest BCUT2D eigenvalue weighted by Crippen LogP contribution is -2.29. The van der Waals surface area contributed by atoms with Crippen molar-refractivity contribution in [2.24, 2.45) is 0 Å². The van der Waals surface area contributed by atoms with E-state index < -0.39 is 0 Å². The lowest BCUT2D eigenvalue weighted by Gasteiger charge is -2.15. The molecule has 1 aromatic rings. The fraction of sp³-hybridized carbons (Fsp3) is 0.462. The second kappa shape index (κ2) is 7.43. The van der Waals surface area contributed by atoms with E-state index in [-0.39, 0.29) is 5.78 Å². The minimum Gasteiger partial charge on any atom is -0.380 e. The predicted octanol–water partition coefficient (Wildman–Crippen LogP) is 2.49. The van der Waals surface area contributed by atoms with Crippen LogP contribution in [-0.2, 0) is 4.74 Å². The standard InChI is InChI=1S/C13H18ClNO2/c1-3-17-9-8-15(2)10-13(16)11-6-4-5-7-12(11)14/h4-7H,3,8-10H2,1-2H3. The van der Waals surface area contributed by atoms with E-state index in [0.717, 1.165) is 6.54 Å². The van der Waals surface area contributed by atoms with Gasteiger partial charge in [-0.2, -0.15) is 0 Å². The van der Waals surface area contributed by atoms with E-state index in [1.165, 1.54) is 0 Å². The monoisotopic (exact) mass is 255 g/mol. The summed E-state index contributed by atoms with van der Waals surface area (Å²) in [5.74, 6) is 0.0367. The van der Waals surface area contributed by atoms with Crippen LogP contribution in [0.25, 0.3) is 0 Å². The van der Waals surface area contributed by atoms with Crippen LogP contribution in [0.4, 0.5) is 0 Å². The van der Waals surface area contributed by atoms with E-state index in [4.69, 9.17) is 16.3 Å². The first-order valence-corrected chi connectivity index (χ1v) is 6.07. The Morgan fingerprint density at radius 2 is 2.12 bits per heavy atom. The number of nitrogens with zero attached hydrogens (tertiary/aromatic N) is 1. The Balaban J connectivity index is 2.46. The molecule has 1 aromatic carbocycles. The second-order valence-electron chi connectivity index (χ2n) is 3.84. The van der Waals surface area contributed by atoms with Gasteiger partial charge in [0.2, 0.25) is 0 Å². The SMILES string of the molecule is CCOCCN(C)CC(=O)c1ccccc1Cl. The fourth-order valence-electron chi connectivity index (χ4n) is 1.46. The van der Waals surface area contributed by atoms with Gasteiger partial charge in [-0.05, 0) is 26.1 Å². The number of carbonyl (C=O) groups excluding carboxylic acids is 1. The highest BCUT2D eigenvalue weighted by atomic mass is 35.5. The summed E-state index contributed by atoms with van der Waals surface area (Å²) in [4.78, 5) is 13.9. The molecule has 0 fully saturated rings. The molecule has 0 bridgehead atoms. The molecule has 4 heteroatoms. The molecule has 0 unspecified atom stereocenters. The van der Waals surface area contributed by atoms with Gasteiger partial charge in [0, 0.05) is 18.7 Å². The van der Waals surface area contributed by atoms with Crippen LogP contribution in [0.5, 0.6) is 0 Å². The molecular weight excluding hydrogens is 238 g/mol. The largest absolute Gasteiger partial charge is 0.380 e. The molecule has 3 nitrogen and oxygen atoms in total. The van der Waals surface area contributed by atoms with Crippen LogP contribution in [0.2, 0.25) is 5.02 Å². The number of carbonyl (C=O) groups is 1. The Morgan fingerprint density at radius 1 is 1.41 bits per heavy atom. The summed E-state index contributed by atoms with van der Waals surface area (Å²) in [6, 6.07) is 7.12. The zero-order valence-electron chi connectivity index (χ0n) is 10.3. The van der Waals surface area contributed by atoms with E-state index in [9.17, 15) is 4.79 Å². The van der Waals surface area contributed by atoms with Crippen molar-refractivity contribution < 1.29 is 9.53 Å². The molecule has 0 N–H and O–H groups in total. The lowest BCUT2D eigenvalue weighted by molar-refractivity contribution is 0.0897. The molecule has 0 amide bonds. The number of ether oxygens (including phenoxy) is 1. The van der Waals surface area contributed by atoms with Gasteiger partial charge in [0.15, 0.2) is 5.78 Å². The molecule has 1 rings (SSSR count). The Hall–Kier alpha value is -0.900. The third-order valence-electron chi connectivity index (χ3n) is 2.41. The number of hydrogen-bond acceptors (Lipinski definition) is 3. The van der Waals surface area contributed by atoms with Crippen LogP contribution in [0.3, 0.4) is 0 Å². The lowest BCUT2D eigenvalue weighted by atomic mass is 10.1. The third-order valence-corrected chi connectivity index (χ3v) is 2.74. The van der Waals surface area contributed by atoms with Crippen molar-refractivity contribution in [1.82, 2.24) is 4.90 Å². The van der Waals surface area contributed by atoms with Gasteiger partial charge in [0.25, 0.3) is 0 Å². The second-order valence-corrected chi connectivity index (χ2v) is 4.24. The van der Waals surface area contributed by atoms with Crippen LogP contribution in [0, 0.1) is 0 Å². The number of Topliss-reactive ketones (excluding diaryl/α,β-unsaturated/α-hetero) is 1. The van der Waals surface area contributed by atoms with Gasteiger partial charge in [-0.15, -0.1) is 0 Å². The van der Waals surface area contributed by atoms with Gasteiger partial charge in [-0.3, -0.25) is 9.69 Å². The predicted molar refractivity (Wildman–Crippen MR) is 69.8 cm³/mol. The molecule has 0 aliphatic heterocycles. The molecule has 94 valence electrons. The molecule has 0 radical (unpaired) electrons. The normalized spacial score (nSPS) is 10.8. The average Bonchev–Trinajstić information content (AvgIpc) is 2.29. The summed E-state index contributed by atoms with van der Waals surface area (Å²) >= 11 is 5.97. The van der Waals surface area contributed by atoms with E-state index in [1.54, 1.807) is 12.1 Å². The van der Waals surface area contributed by atoms with Gasteiger partial charge < -0.3 is 4.74 Å². The summed E-state index contributed by atoms with van der Waals surface area (Å²) in [6.45, 7) is 4.39. The number of hydrogen-bond donors (Lipinski definition) is 0. The number of likely N-dealkylation sites (N-methyl/N-ethyl adjacent to an activating group) is 1. The van der Waals surface area contributed by atoms with Gasteiger partial charge in [0.1, 0.15) is 0 Å². The maximum atomic E-state index is 11.9. The zero-order valence-corrected chi connectivity index (χ0v) is 11.0. The van der Waals surface area contributed by atoms with Crippen molar-refractivity contribution in [3.63, 3.8) is 0 Å². The molecule has 0 spiro atoms. The Bertz CT molecular complexity index is 368. The molecule has 17 heavy (non-hydrogen) atoms. The maximum Gasteiger partial charge on any atom is 0.178 e. The van der Waals surface area contributed by atoms with Crippen molar-refractivity contribution in [3.8, 4) is 0 Å². The van der Waals surface area contributed by atoms with Crippen LogP contribution >= 0.6 is 11.6 Å². The van der Waals surface area contributed by atoms with Crippen LogP contribution in [0.15, 0.2) is 24.3 Å². The summed E-state index contributed by atoms with van der Waals surface area (Å²) in [5, 5.41) is 0.510. The number of ketones is 1. The first-order valence-electron chi connectivity index (χ1n) is 5.69. The topological polar surface area (TPSA) is 29.5 Å². The Labute approximate surface area is 107 Å². The molecule has 0 saturated heterocycles. The van der Waals surface area contributed by atoms with E-state index in [1.807, 2.05) is 31.0 Å². The van der Waals surface area contributed by atoms with Crippen LogP contribution < -0.4 is 0 Å². The van der Waals surface area contributed by atoms with Gasteiger partial charge in [-0.1, -0.05) is 23.7 Å². The van der Waals surface area contributed by atoms with Gasteiger partial charge in [0.05, 0.1) is 18.2 Å². The summed E-state index contributed by atoms with van der Waals surface area (Å²) in [6.07, 6.45) is 0. The van der Waals surface area contributed by atoms with Gasteiger partial charge >= 0.3 is 0 Å². The van der Waals surface area contributed by atoms with Crippen molar-refractivity contribution in [3.05, 3.63) is 34.9 Å². The molecule has 0 atom stereocenters. The molecule has 0 saturated carbocycles. The molecule has 0 aliphatic rings. The summed E-state index contributed by atoms with van der Waals surface area (Å²) < 4.78 is 5.24. The molecule has 0 aromatic heterocycles. The average molecular weight is 256 g/mol. The highest BCUT2D eigenvalue weighted by Crippen LogP contribution is 2.15. The molecular formula is C13H18ClNO2. The summed E-state index contributed by atoms with van der Waals surface area (Å²) in [5.41, 5.74) is 0.581. The van der Waals surface area contributed by atoms with Crippen molar-refractivity contribution in [2.75, 3.05) is 33.4 Å². The first-order chi connectivity index (χ1) is 8.15. The summed E-state index contributed by atoms with van der Waals surface area (Å²) in [7, 11) is 1.90. The highest BCUT2D eigenvalue weighted by molar-refractivity contribution is 6.34. The third kappa shape index (κ3) is 4.86. The van der Waals surface area contributed by atoms with Crippen molar-refractivity contribution in [1.29, 1.82) is 0 Å².